The lowest BCUT2D eigenvalue weighted by Crippen LogP contribution is -2.15. The third-order valence-electron chi connectivity index (χ3n) is 2.30. The summed E-state index contributed by atoms with van der Waals surface area (Å²) in [5.74, 6) is 0. The molecule has 0 radical (unpaired) electrons. The molecule has 1 aromatic heterocycles. The van der Waals surface area contributed by atoms with Crippen LogP contribution in [0.15, 0.2) is 18.6 Å². The molecule has 1 aromatic rings. The average molecular weight is 188 g/mol. The largest absolute Gasteiger partial charge is 0.249 e. The Kier molecular flexibility index (Phi) is 1.95. The second-order valence-electron chi connectivity index (χ2n) is 4.19. The molecule has 0 unspecified atom stereocenters. The molecule has 0 bridgehead atoms. The minimum Gasteiger partial charge on any atom is -0.238 e. The van der Waals surface area contributed by atoms with Crippen molar-refractivity contribution in [3.63, 3.8) is 0 Å². The van der Waals surface area contributed by atoms with Crippen molar-refractivity contribution in [3.8, 4) is 0 Å². The monoisotopic (exact) mass is 188 g/mol. The zero-order valence-electron chi connectivity index (χ0n) is 8.73. The molecule has 3 nitrogen and oxygen atoms in total. The van der Waals surface area contributed by atoms with Gasteiger partial charge in [0.2, 0.25) is 5.69 Å². The van der Waals surface area contributed by atoms with E-state index in [1.54, 1.807) is 6.33 Å². The highest BCUT2D eigenvalue weighted by Crippen LogP contribution is 2.24. The highest BCUT2D eigenvalue weighted by molar-refractivity contribution is 5.71. The Labute approximate surface area is 83.8 Å². The van der Waals surface area contributed by atoms with Gasteiger partial charge in [0.15, 0.2) is 6.21 Å². The van der Waals surface area contributed by atoms with Crippen LogP contribution in [0.5, 0.6) is 0 Å². The fourth-order valence-corrected chi connectivity index (χ4v) is 1.64. The fourth-order valence-electron chi connectivity index (χ4n) is 1.64. The third-order valence-corrected chi connectivity index (χ3v) is 2.30. The maximum atomic E-state index is 4.24. The van der Waals surface area contributed by atoms with Gasteiger partial charge in [-0.3, -0.25) is 0 Å². The van der Waals surface area contributed by atoms with E-state index >= 15 is 0 Å². The van der Waals surface area contributed by atoms with Crippen LogP contribution < -0.4 is 0 Å². The van der Waals surface area contributed by atoms with Gasteiger partial charge in [-0.1, -0.05) is 6.08 Å². The van der Waals surface area contributed by atoms with Crippen molar-refractivity contribution in [1.29, 1.82) is 0 Å². The van der Waals surface area contributed by atoms with Crippen molar-refractivity contribution in [3.05, 3.63) is 24.3 Å². The average Bonchev–Trinajstić information content (AvgIpc) is 2.24. The Morgan fingerprint density at radius 2 is 2.14 bits per heavy atom. The lowest BCUT2D eigenvalue weighted by atomic mass is 9.95. The van der Waals surface area contributed by atoms with Crippen LogP contribution in [0.1, 0.15) is 19.5 Å². The summed E-state index contributed by atoms with van der Waals surface area (Å²) in [5.41, 5.74) is 2.09. The molecular formula is C11H14N3+. The Hall–Kier alpha value is -1.51. The van der Waals surface area contributed by atoms with E-state index in [1.807, 2.05) is 13.2 Å². The normalized spacial score (nSPS) is 18.4. The molecule has 0 N–H and O–H groups in total. The zero-order valence-corrected chi connectivity index (χ0v) is 8.73. The predicted molar refractivity (Wildman–Crippen MR) is 56.8 cm³/mol. The van der Waals surface area contributed by atoms with Gasteiger partial charge in [-0.15, -0.1) is 0 Å². The summed E-state index contributed by atoms with van der Waals surface area (Å²) in [7, 11) is 2.02. The molecule has 0 saturated carbocycles. The van der Waals surface area contributed by atoms with E-state index < -0.39 is 0 Å². The van der Waals surface area contributed by atoms with E-state index in [2.05, 4.69) is 46.8 Å². The highest BCUT2D eigenvalue weighted by atomic mass is 15.0. The van der Waals surface area contributed by atoms with Crippen LogP contribution in [0.4, 0.5) is 5.69 Å². The van der Waals surface area contributed by atoms with E-state index in [4.69, 9.17) is 0 Å². The molecule has 1 aliphatic heterocycles. The van der Waals surface area contributed by atoms with Crippen LogP contribution >= 0.6 is 0 Å². The van der Waals surface area contributed by atoms with E-state index in [9.17, 15) is 0 Å². The number of hydrogen-bond donors (Lipinski definition) is 0. The lowest BCUT2D eigenvalue weighted by Gasteiger charge is -2.08. The summed E-state index contributed by atoms with van der Waals surface area (Å²) < 4.78 is 2.08. The molecule has 0 fully saturated rings. The van der Waals surface area contributed by atoms with Gasteiger partial charge in [0.1, 0.15) is 25.3 Å². The Balaban J connectivity index is 2.62. The minimum atomic E-state index is 0.0649. The van der Waals surface area contributed by atoms with Gasteiger partial charge in [-0.25, -0.2) is 14.5 Å². The Morgan fingerprint density at radius 3 is 2.93 bits per heavy atom. The first-order valence-corrected chi connectivity index (χ1v) is 4.67. The van der Waals surface area contributed by atoms with Gasteiger partial charge in [0.05, 0.1) is 5.41 Å². The zero-order chi connectivity index (χ0) is 10.2. The number of fused-ring (bicyclic) bond motifs is 1. The van der Waals surface area contributed by atoms with Gasteiger partial charge >= 0.3 is 0 Å². The molecule has 0 saturated heterocycles. The summed E-state index contributed by atoms with van der Waals surface area (Å²) in [6.45, 7) is 4.33. The smallest absolute Gasteiger partial charge is 0.238 e. The van der Waals surface area contributed by atoms with Crippen LogP contribution in [-0.4, -0.2) is 27.8 Å². The Bertz CT molecular complexity index is 416. The maximum Gasteiger partial charge on any atom is 0.249 e. The van der Waals surface area contributed by atoms with Crippen molar-refractivity contribution >= 4 is 18.0 Å². The molecule has 2 rings (SSSR count). The summed E-state index contributed by atoms with van der Waals surface area (Å²) in [6, 6.07) is 0. The van der Waals surface area contributed by atoms with Crippen LogP contribution in [0.25, 0.3) is 6.08 Å². The van der Waals surface area contributed by atoms with Crippen molar-refractivity contribution in [2.75, 3.05) is 7.05 Å². The third kappa shape index (κ3) is 1.58. The van der Waals surface area contributed by atoms with Crippen LogP contribution in [0.3, 0.4) is 0 Å². The van der Waals surface area contributed by atoms with Crippen molar-refractivity contribution < 1.29 is 4.58 Å². The van der Waals surface area contributed by atoms with Crippen molar-refractivity contribution in [1.82, 2.24) is 9.97 Å². The molecule has 3 heteroatoms. The molecule has 0 spiro atoms. The Morgan fingerprint density at radius 1 is 1.36 bits per heavy atom. The summed E-state index contributed by atoms with van der Waals surface area (Å²) in [4.78, 5) is 8.27. The van der Waals surface area contributed by atoms with Crippen molar-refractivity contribution in [2.45, 2.75) is 13.8 Å². The molecule has 14 heavy (non-hydrogen) atoms. The molecule has 0 aromatic carbocycles. The molecule has 0 aliphatic carbocycles. The van der Waals surface area contributed by atoms with E-state index in [-0.39, 0.29) is 5.41 Å². The summed E-state index contributed by atoms with van der Waals surface area (Å²) in [5, 5.41) is 0. The summed E-state index contributed by atoms with van der Waals surface area (Å²) in [6.07, 6.45) is 9.79. The molecule has 2 heterocycles. The first-order valence-electron chi connectivity index (χ1n) is 4.67. The van der Waals surface area contributed by atoms with Crippen LogP contribution in [0, 0.1) is 5.41 Å². The minimum absolute atomic E-state index is 0.0649. The van der Waals surface area contributed by atoms with Gasteiger partial charge in [-0.05, 0) is 19.9 Å². The topological polar surface area (TPSA) is 28.8 Å². The second kappa shape index (κ2) is 3.01. The van der Waals surface area contributed by atoms with Gasteiger partial charge in [0.25, 0.3) is 0 Å². The number of nitrogens with zero attached hydrogens (tertiary/aromatic N) is 3. The standard InChI is InChI=1S/C11H14N3/c1-11(2)5-4-9-10(14(3)7-11)6-12-8-13-9/h4-8H,1-3H3/q+1. The van der Waals surface area contributed by atoms with Gasteiger partial charge < -0.3 is 0 Å². The number of allylic oxidation sites excluding steroid dienone is 1. The molecular weight excluding hydrogens is 174 g/mol. The molecule has 0 atom stereocenters. The second-order valence-corrected chi connectivity index (χ2v) is 4.19. The molecule has 72 valence electrons. The van der Waals surface area contributed by atoms with E-state index in [0.717, 1.165) is 11.4 Å². The maximum absolute atomic E-state index is 4.24. The first-order chi connectivity index (χ1) is 6.58. The molecule has 0 amide bonds. The fraction of sp³-hybridized carbons (Fsp3) is 0.364. The SMILES string of the molecule is C[N+]1=CC(C)(C)C=Cc2ncncc21. The number of aromatic nitrogens is 2. The van der Waals surface area contributed by atoms with E-state index in [1.165, 1.54) is 0 Å². The summed E-state index contributed by atoms with van der Waals surface area (Å²) >= 11 is 0. The highest BCUT2D eigenvalue weighted by Gasteiger charge is 2.22. The van der Waals surface area contributed by atoms with E-state index in [0.29, 0.717) is 0 Å². The van der Waals surface area contributed by atoms with Crippen LogP contribution in [-0.2, 0) is 0 Å². The number of rotatable bonds is 0. The quantitative estimate of drug-likeness (QED) is 0.581. The molecule has 1 aliphatic rings. The van der Waals surface area contributed by atoms with Gasteiger partial charge in [0, 0.05) is 0 Å². The first kappa shape index (κ1) is 9.06. The predicted octanol–water partition coefficient (Wildman–Crippen LogP) is 1.87. The van der Waals surface area contributed by atoms with Gasteiger partial charge in [-0.2, -0.15) is 0 Å². The number of hydrogen-bond acceptors (Lipinski definition) is 2. The van der Waals surface area contributed by atoms with Crippen LogP contribution in [0.2, 0.25) is 0 Å². The van der Waals surface area contributed by atoms with Crippen molar-refractivity contribution in [2.24, 2.45) is 5.41 Å². The lowest BCUT2D eigenvalue weighted by molar-refractivity contribution is -0.403.